The number of carbonyl (C=O) groups excluding carboxylic acids is 1. The number of aryl methyl sites for hydroxylation is 2. The molecule has 6 heteroatoms. The summed E-state index contributed by atoms with van der Waals surface area (Å²) in [6.07, 6.45) is 3.26. The van der Waals surface area contributed by atoms with Gasteiger partial charge in [0.2, 0.25) is 0 Å². The standard InChI is InChI=1S/C14H10BrClFNOS/c15-9-5-8(17)6-10(16)13(9)18-14(19)12-4-7-2-1-3-11(7)20-12/h4-6H,1-3H2,(H,18,19). The number of halogens is 3. The summed E-state index contributed by atoms with van der Waals surface area (Å²) in [6.45, 7) is 0. The lowest BCUT2D eigenvalue weighted by Crippen LogP contribution is -2.11. The summed E-state index contributed by atoms with van der Waals surface area (Å²) in [5.41, 5.74) is 1.66. The van der Waals surface area contributed by atoms with Gasteiger partial charge in [0.1, 0.15) is 5.82 Å². The van der Waals surface area contributed by atoms with Crippen molar-refractivity contribution >= 4 is 50.5 Å². The molecule has 1 aliphatic carbocycles. The maximum atomic E-state index is 13.2. The van der Waals surface area contributed by atoms with E-state index in [1.807, 2.05) is 6.07 Å². The molecular weight excluding hydrogens is 365 g/mol. The molecule has 0 atom stereocenters. The van der Waals surface area contributed by atoms with Crippen molar-refractivity contribution in [2.75, 3.05) is 5.32 Å². The summed E-state index contributed by atoms with van der Waals surface area (Å²) < 4.78 is 13.6. The van der Waals surface area contributed by atoms with Crippen molar-refractivity contribution in [2.45, 2.75) is 19.3 Å². The first-order chi connectivity index (χ1) is 9.54. The van der Waals surface area contributed by atoms with Crippen LogP contribution in [0.15, 0.2) is 22.7 Å². The molecule has 1 N–H and O–H groups in total. The average molecular weight is 375 g/mol. The second-order valence-electron chi connectivity index (χ2n) is 4.61. The van der Waals surface area contributed by atoms with E-state index < -0.39 is 5.82 Å². The minimum absolute atomic E-state index is 0.175. The molecule has 0 fully saturated rings. The van der Waals surface area contributed by atoms with E-state index in [9.17, 15) is 9.18 Å². The highest BCUT2D eigenvalue weighted by atomic mass is 79.9. The van der Waals surface area contributed by atoms with E-state index in [1.165, 1.54) is 40.3 Å². The maximum Gasteiger partial charge on any atom is 0.265 e. The zero-order valence-corrected chi connectivity index (χ0v) is 13.5. The Labute approximate surface area is 133 Å². The summed E-state index contributed by atoms with van der Waals surface area (Å²) in [4.78, 5) is 14.2. The monoisotopic (exact) mass is 373 g/mol. The fourth-order valence-corrected chi connectivity index (χ4v) is 4.33. The van der Waals surface area contributed by atoms with Gasteiger partial charge >= 0.3 is 0 Å². The van der Waals surface area contributed by atoms with Crippen molar-refractivity contribution in [3.05, 3.63) is 48.8 Å². The first kappa shape index (κ1) is 14.0. The van der Waals surface area contributed by atoms with E-state index in [-0.39, 0.29) is 10.9 Å². The van der Waals surface area contributed by atoms with Gasteiger partial charge in [0.25, 0.3) is 5.91 Å². The van der Waals surface area contributed by atoms with Gasteiger partial charge in [-0.15, -0.1) is 11.3 Å². The van der Waals surface area contributed by atoms with E-state index >= 15 is 0 Å². The van der Waals surface area contributed by atoms with Crippen molar-refractivity contribution in [3.8, 4) is 0 Å². The van der Waals surface area contributed by atoms with Crippen LogP contribution in [0.2, 0.25) is 5.02 Å². The van der Waals surface area contributed by atoms with Crippen LogP contribution in [-0.2, 0) is 12.8 Å². The molecule has 104 valence electrons. The van der Waals surface area contributed by atoms with Gasteiger partial charge in [-0.25, -0.2) is 4.39 Å². The van der Waals surface area contributed by atoms with Gasteiger partial charge in [-0.2, -0.15) is 0 Å². The molecule has 2 nitrogen and oxygen atoms in total. The third-order valence-electron chi connectivity index (χ3n) is 3.22. The molecule has 20 heavy (non-hydrogen) atoms. The molecule has 0 radical (unpaired) electrons. The molecule has 1 amide bonds. The Kier molecular flexibility index (Phi) is 3.84. The molecule has 0 saturated heterocycles. The van der Waals surface area contributed by atoms with Gasteiger partial charge in [0.05, 0.1) is 15.6 Å². The molecule has 0 saturated carbocycles. The van der Waals surface area contributed by atoms with Crippen LogP contribution in [0, 0.1) is 5.82 Å². The van der Waals surface area contributed by atoms with Crippen LogP contribution in [0.3, 0.4) is 0 Å². The quantitative estimate of drug-likeness (QED) is 0.783. The van der Waals surface area contributed by atoms with Crippen LogP contribution >= 0.6 is 38.9 Å². The Balaban J connectivity index is 1.85. The predicted molar refractivity (Wildman–Crippen MR) is 83.4 cm³/mol. The van der Waals surface area contributed by atoms with Gasteiger partial charge in [0.15, 0.2) is 0 Å². The average Bonchev–Trinajstić information content (AvgIpc) is 2.93. The van der Waals surface area contributed by atoms with Crippen molar-refractivity contribution in [3.63, 3.8) is 0 Å². The third kappa shape index (κ3) is 2.62. The van der Waals surface area contributed by atoms with E-state index in [0.717, 1.165) is 12.8 Å². The summed E-state index contributed by atoms with van der Waals surface area (Å²) >= 11 is 10.7. The molecule has 0 aliphatic heterocycles. The second kappa shape index (κ2) is 5.47. The number of thiophene rings is 1. The normalized spacial score (nSPS) is 13.3. The number of nitrogens with one attached hydrogen (secondary N) is 1. The van der Waals surface area contributed by atoms with E-state index in [2.05, 4.69) is 21.2 Å². The Morgan fingerprint density at radius 3 is 2.85 bits per heavy atom. The Bertz CT molecular complexity index is 656. The number of benzene rings is 1. The number of anilines is 1. The van der Waals surface area contributed by atoms with Gasteiger partial charge in [-0.05, 0) is 59.0 Å². The Hall–Kier alpha value is -0.910. The van der Waals surface area contributed by atoms with E-state index in [4.69, 9.17) is 11.6 Å². The van der Waals surface area contributed by atoms with Gasteiger partial charge < -0.3 is 5.32 Å². The van der Waals surface area contributed by atoms with Crippen molar-refractivity contribution < 1.29 is 9.18 Å². The molecule has 3 rings (SSSR count). The zero-order valence-electron chi connectivity index (χ0n) is 10.3. The largest absolute Gasteiger partial charge is 0.319 e. The van der Waals surface area contributed by atoms with Crippen molar-refractivity contribution in [1.29, 1.82) is 0 Å². The van der Waals surface area contributed by atoms with Crippen LogP contribution in [0.1, 0.15) is 26.5 Å². The number of carbonyl (C=O) groups is 1. The van der Waals surface area contributed by atoms with Crippen LogP contribution in [0.5, 0.6) is 0 Å². The number of rotatable bonds is 2. The molecule has 0 spiro atoms. The lowest BCUT2D eigenvalue weighted by molar-refractivity contribution is 0.103. The highest BCUT2D eigenvalue weighted by molar-refractivity contribution is 9.10. The second-order valence-corrected chi connectivity index (χ2v) is 7.01. The SMILES string of the molecule is O=C(Nc1c(Cl)cc(F)cc1Br)c1cc2c(s1)CCC2. The van der Waals surface area contributed by atoms with Crippen LogP contribution in [0.25, 0.3) is 0 Å². The number of hydrogen-bond acceptors (Lipinski definition) is 2. The fraction of sp³-hybridized carbons (Fsp3) is 0.214. The number of amides is 1. The number of hydrogen-bond donors (Lipinski definition) is 1. The van der Waals surface area contributed by atoms with Crippen LogP contribution in [-0.4, -0.2) is 5.91 Å². The summed E-state index contributed by atoms with van der Waals surface area (Å²) in [5.74, 6) is -0.659. The number of fused-ring (bicyclic) bond motifs is 1. The first-order valence-corrected chi connectivity index (χ1v) is 8.11. The molecule has 1 heterocycles. The zero-order chi connectivity index (χ0) is 14.3. The summed E-state index contributed by atoms with van der Waals surface area (Å²) in [7, 11) is 0. The highest BCUT2D eigenvalue weighted by Crippen LogP contribution is 2.34. The fourth-order valence-electron chi connectivity index (χ4n) is 2.28. The summed E-state index contributed by atoms with van der Waals surface area (Å²) in [5, 5.41) is 2.91. The lowest BCUT2D eigenvalue weighted by Gasteiger charge is -2.08. The Morgan fingerprint density at radius 2 is 2.15 bits per heavy atom. The molecular formula is C14H10BrClFNOS. The van der Waals surface area contributed by atoms with E-state index in [0.29, 0.717) is 15.0 Å². The van der Waals surface area contributed by atoms with E-state index in [1.54, 1.807) is 0 Å². The minimum Gasteiger partial charge on any atom is -0.319 e. The topological polar surface area (TPSA) is 29.1 Å². The summed E-state index contributed by atoms with van der Waals surface area (Å²) in [6, 6.07) is 4.39. The van der Waals surface area contributed by atoms with Crippen LogP contribution in [0.4, 0.5) is 10.1 Å². The lowest BCUT2D eigenvalue weighted by atomic mass is 10.2. The Morgan fingerprint density at radius 1 is 1.35 bits per heavy atom. The molecule has 1 aromatic heterocycles. The highest BCUT2D eigenvalue weighted by Gasteiger charge is 2.20. The molecule has 0 unspecified atom stereocenters. The smallest absolute Gasteiger partial charge is 0.265 e. The minimum atomic E-state index is -0.449. The predicted octanol–water partition coefficient (Wildman–Crippen LogP) is 5.04. The van der Waals surface area contributed by atoms with Crippen molar-refractivity contribution in [2.24, 2.45) is 0 Å². The van der Waals surface area contributed by atoms with Gasteiger partial charge in [0, 0.05) is 9.35 Å². The van der Waals surface area contributed by atoms with Crippen molar-refractivity contribution in [1.82, 2.24) is 0 Å². The maximum absolute atomic E-state index is 13.2. The molecule has 1 aliphatic rings. The molecule has 1 aromatic carbocycles. The first-order valence-electron chi connectivity index (χ1n) is 6.12. The van der Waals surface area contributed by atoms with Crippen LogP contribution < -0.4 is 5.32 Å². The molecule has 2 aromatic rings. The van der Waals surface area contributed by atoms with Gasteiger partial charge in [-0.3, -0.25) is 4.79 Å². The van der Waals surface area contributed by atoms with Gasteiger partial charge in [-0.1, -0.05) is 11.6 Å². The molecule has 0 bridgehead atoms. The third-order valence-corrected chi connectivity index (χ3v) is 5.38.